The average Bonchev–Trinajstić information content (AvgIpc) is 3.13. The molecule has 1 spiro atoms. The lowest BCUT2D eigenvalue weighted by molar-refractivity contribution is -0.161. The molecule has 0 bridgehead atoms. The summed E-state index contributed by atoms with van der Waals surface area (Å²) >= 11 is 0. The predicted molar refractivity (Wildman–Crippen MR) is 139 cm³/mol. The summed E-state index contributed by atoms with van der Waals surface area (Å²) in [5.41, 5.74) is -0.500. The highest BCUT2D eigenvalue weighted by atomic mass is 16.5. The van der Waals surface area contributed by atoms with Gasteiger partial charge in [-0.25, -0.2) is 0 Å². The number of hydrogen-bond donors (Lipinski definition) is 3. The van der Waals surface area contributed by atoms with Crippen LogP contribution >= 0.6 is 0 Å². The maximum atomic E-state index is 14.2. The Morgan fingerprint density at radius 1 is 1.14 bits per heavy atom. The van der Waals surface area contributed by atoms with Crippen LogP contribution in [0.25, 0.3) is 0 Å². The molecule has 4 rings (SSSR count). The largest absolute Gasteiger partial charge is 0.457 e. The van der Waals surface area contributed by atoms with E-state index in [-0.39, 0.29) is 17.7 Å². The minimum absolute atomic E-state index is 0.314. The number of nitrogens with one attached hydrogen (secondary N) is 1. The molecular formula is C30H37NO6. The average molecular weight is 508 g/mol. The van der Waals surface area contributed by atoms with Crippen LogP contribution in [0.2, 0.25) is 0 Å². The van der Waals surface area contributed by atoms with Gasteiger partial charge in [-0.05, 0) is 56.9 Å². The van der Waals surface area contributed by atoms with Gasteiger partial charge in [-0.3, -0.25) is 14.4 Å². The van der Waals surface area contributed by atoms with Crippen molar-refractivity contribution in [2.75, 3.05) is 0 Å². The van der Waals surface area contributed by atoms with Gasteiger partial charge in [0.1, 0.15) is 17.1 Å². The minimum Gasteiger partial charge on any atom is -0.457 e. The standard InChI is InChI=1S/C30H37NO6/c1-17-10-9-13-22-26(33)19(3)18(2)25-23(16-21-11-7-6-8-12-21)31-28(35)30(22,25)24(37-20(4)32)14-15-29(5,36)27(17)34/h6-9,11-15,17,22-26,33,36H,10,16H2,1-5H3,(H,31,35)/b13-9-,15-14-/t17-,22-,23-,24+,25-,26+,29+,30+/m0/s1. The molecule has 3 aliphatic rings. The Morgan fingerprint density at radius 2 is 1.81 bits per heavy atom. The van der Waals surface area contributed by atoms with Gasteiger partial charge in [-0.1, -0.05) is 55.0 Å². The van der Waals surface area contributed by atoms with Crippen molar-refractivity contribution in [2.24, 2.45) is 23.2 Å². The quantitative estimate of drug-likeness (QED) is 0.428. The number of rotatable bonds is 3. The lowest BCUT2D eigenvalue weighted by Gasteiger charge is -2.49. The van der Waals surface area contributed by atoms with Crippen molar-refractivity contribution < 1.29 is 29.3 Å². The van der Waals surface area contributed by atoms with Crippen LogP contribution in [-0.2, 0) is 25.5 Å². The minimum atomic E-state index is -1.82. The fourth-order valence-electron chi connectivity index (χ4n) is 6.54. The molecule has 1 amide bonds. The molecule has 0 aromatic heterocycles. The number of ether oxygens (including phenoxy) is 1. The summed E-state index contributed by atoms with van der Waals surface area (Å²) in [6, 6.07) is 9.52. The van der Waals surface area contributed by atoms with Crippen LogP contribution in [0.1, 0.15) is 46.6 Å². The summed E-state index contributed by atoms with van der Waals surface area (Å²) in [6.45, 7) is 8.20. The third-order valence-electron chi connectivity index (χ3n) is 8.49. The monoisotopic (exact) mass is 507 g/mol. The van der Waals surface area contributed by atoms with Crippen molar-refractivity contribution in [2.45, 2.75) is 71.3 Å². The first kappa shape index (κ1) is 27.0. The van der Waals surface area contributed by atoms with Crippen molar-refractivity contribution >= 4 is 17.7 Å². The third-order valence-corrected chi connectivity index (χ3v) is 8.49. The van der Waals surface area contributed by atoms with Gasteiger partial charge in [0.15, 0.2) is 5.78 Å². The number of hydrogen-bond acceptors (Lipinski definition) is 6. The van der Waals surface area contributed by atoms with Crippen molar-refractivity contribution in [3.8, 4) is 0 Å². The van der Waals surface area contributed by atoms with Crippen LogP contribution in [0, 0.1) is 23.2 Å². The lowest BCUT2D eigenvalue weighted by Crippen LogP contribution is -2.58. The molecule has 1 saturated heterocycles. The lowest BCUT2D eigenvalue weighted by atomic mass is 9.54. The summed E-state index contributed by atoms with van der Waals surface area (Å²) < 4.78 is 5.82. The van der Waals surface area contributed by atoms with Crippen molar-refractivity contribution in [1.29, 1.82) is 0 Å². The number of benzene rings is 1. The van der Waals surface area contributed by atoms with Crippen LogP contribution in [0.3, 0.4) is 0 Å². The number of esters is 1. The Bertz CT molecular complexity index is 1170. The van der Waals surface area contributed by atoms with Crippen molar-refractivity contribution in [3.05, 3.63) is 71.3 Å². The van der Waals surface area contributed by atoms with E-state index in [4.69, 9.17) is 4.74 Å². The van der Waals surface area contributed by atoms with Gasteiger partial charge >= 0.3 is 5.97 Å². The summed E-state index contributed by atoms with van der Waals surface area (Å²) in [6.07, 6.45) is 5.17. The Balaban J connectivity index is 1.96. The van der Waals surface area contributed by atoms with E-state index in [9.17, 15) is 24.6 Å². The van der Waals surface area contributed by atoms with Gasteiger partial charge in [-0.15, -0.1) is 0 Å². The van der Waals surface area contributed by atoms with Crippen LogP contribution in [0.5, 0.6) is 0 Å². The molecule has 1 aromatic carbocycles. The van der Waals surface area contributed by atoms with Gasteiger partial charge in [0.2, 0.25) is 5.91 Å². The van der Waals surface area contributed by atoms with Gasteiger partial charge in [0.05, 0.1) is 6.10 Å². The molecule has 7 heteroatoms. The van der Waals surface area contributed by atoms with Crippen LogP contribution < -0.4 is 5.32 Å². The van der Waals surface area contributed by atoms with E-state index in [1.54, 1.807) is 19.1 Å². The number of Topliss-reactive ketones (excluding diaryl/α,β-unsaturated/α-hetero) is 1. The molecule has 0 radical (unpaired) electrons. The number of ketones is 1. The molecule has 0 saturated carbocycles. The Kier molecular flexibility index (Phi) is 7.32. The number of allylic oxidation sites excluding steroid dienone is 1. The summed E-state index contributed by atoms with van der Waals surface area (Å²) in [5, 5.41) is 25.7. The normalized spacial score (nSPS) is 39.6. The highest BCUT2D eigenvalue weighted by Crippen LogP contribution is 2.57. The molecule has 1 aliphatic heterocycles. The van der Waals surface area contributed by atoms with E-state index >= 15 is 0 Å². The Morgan fingerprint density at radius 3 is 2.46 bits per heavy atom. The first-order valence-electron chi connectivity index (χ1n) is 12.9. The molecule has 7 nitrogen and oxygen atoms in total. The fourth-order valence-corrected chi connectivity index (χ4v) is 6.54. The van der Waals surface area contributed by atoms with Gasteiger partial charge in [0.25, 0.3) is 0 Å². The second-order valence-electron chi connectivity index (χ2n) is 11.0. The molecular weight excluding hydrogens is 470 g/mol. The zero-order chi connectivity index (χ0) is 27.1. The molecule has 8 atom stereocenters. The molecule has 1 heterocycles. The topological polar surface area (TPSA) is 113 Å². The van der Waals surface area contributed by atoms with Gasteiger partial charge in [-0.2, -0.15) is 0 Å². The van der Waals surface area contributed by atoms with E-state index < -0.39 is 46.9 Å². The Hall–Kier alpha value is -3.03. The number of carbonyl (C=O) groups excluding carboxylic acids is 3. The summed E-state index contributed by atoms with van der Waals surface area (Å²) in [7, 11) is 0. The number of aliphatic hydroxyl groups is 2. The van der Waals surface area contributed by atoms with E-state index in [0.29, 0.717) is 12.8 Å². The van der Waals surface area contributed by atoms with E-state index in [1.165, 1.54) is 26.0 Å². The second-order valence-corrected chi connectivity index (χ2v) is 11.0. The second kappa shape index (κ2) is 10.0. The zero-order valence-electron chi connectivity index (χ0n) is 22.1. The SMILES string of the molecule is CC(=O)O[C@@H]1/C=C\[C@@](C)(O)C(=O)[C@@H](C)C/C=C\[C@H]2[C@H](O)C(C)=C(C)[C@H]3[C@H](Cc4ccccc4)NC(=O)[C@@]123. The van der Waals surface area contributed by atoms with Crippen molar-refractivity contribution in [1.82, 2.24) is 5.32 Å². The van der Waals surface area contributed by atoms with Crippen LogP contribution in [0.4, 0.5) is 0 Å². The first-order chi connectivity index (χ1) is 17.4. The van der Waals surface area contributed by atoms with E-state index in [1.807, 2.05) is 44.2 Å². The highest BCUT2D eigenvalue weighted by Gasteiger charge is 2.67. The van der Waals surface area contributed by atoms with Gasteiger partial charge < -0.3 is 20.3 Å². The number of aliphatic hydroxyl groups excluding tert-OH is 1. The summed E-state index contributed by atoms with van der Waals surface area (Å²) in [5.74, 6) is -2.92. The van der Waals surface area contributed by atoms with E-state index in [2.05, 4.69) is 5.32 Å². The number of carbonyl (C=O) groups is 3. The molecule has 1 aromatic rings. The number of amides is 1. The van der Waals surface area contributed by atoms with Crippen molar-refractivity contribution in [3.63, 3.8) is 0 Å². The smallest absolute Gasteiger partial charge is 0.303 e. The van der Waals surface area contributed by atoms with Crippen LogP contribution in [0.15, 0.2) is 65.8 Å². The Labute approximate surface area is 218 Å². The molecule has 2 aliphatic carbocycles. The zero-order valence-corrected chi connectivity index (χ0v) is 22.1. The predicted octanol–water partition coefficient (Wildman–Crippen LogP) is 3.06. The molecule has 3 N–H and O–H groups in total. The van der Waals surface area contributed by atoms with Gasteiger partial charge in [0, 0.05) is 30.7 Å². The van der Waals surface area contributed by atoms with E-state index in [0.717, 1.165) is 16.7 Å². The maximum absolute atomic E-state index is 14.2. The first-order valence-corrected chi connectivity index (χ1v) is 12.9. The molecule has 198 valence electrons. The molecule has 0 unspecified atom stereocenters. The highest BCUT2D eigenvalue weighted by molar-refractivity contribution is 5.91. The molecule has 1 fully saturated rings. The molecule has 37 heavy (non-hydrogen) atoms. The fraction of sp³-hybridized carbons (Fsp3) is 0.500. The maximum Gasteiger partial charge on any atom is 0.303 e. The third kappa shape index (κ3) is 4.59. The van der Waals surface area contributed by atoms with Crippen LogP contribution in [-0.4, -0.2) is 51.7 Å². The summed E-state index contributed by atoms with van der Waals surface area (Å²) in [4.78, 5) is 39.5.